The molecule has 0 saturated carbocycles. The van der Waals surface area contributed by atoms with E-state index in [0.717, 1.165) is 5.75 Å². The van der Waals surface area contributed by atoms with E-state index in [1.165, 1.54) is 24.2 Å². The number of carboxylic acid groups (broad SMARTS) is 2. The lowest BCUT2D eigenvalue weighted by atomic mass is 9.81. The fourth-order valence-corrected chi connectivity index (χ4v) is 3.83. The summed E-state index contributed by atoms with van der Waals surface area (Å²) >= 11 is 0. The van der Waals surface area contributed by atoms with Gasteiger partial charge in [-0.2, -0.15) is 0 Å². The molecule has 1 saturated heterocycles. The lowest BCUT2D eigenvalue weighted by Gasteiger charge is -2.32. The third-order valence-electron chi connectivity index (χ3n) is 4.91. The van der Waals surface area contributed by atoms with Crippen molar-refractivity contribution in [1.29, 1.82) is 0 Å². The maximum atomic E-state index is 9.55. The average molecular weight is 348 g/mol. The van der Waals surface area contributed by atoms with Crippen LogP contribution < -0.4 is 9.64 Å². The predicted octanol–water partition coefficient (Wildman–Crippen LogP) is 1.78. The monoisotopic (exact) mass is 348 g/mol. The second-order valence-electron chi connectivity index (χ2n) is 6.53. The molecule has 0 unspecified atom stereocenters. The molecule has 0 aliphatic carbocycles. The number of carboxylic acids is 2. The highest BCUT2D eigenvalue weighted by atomic mass is 16.5. The van der Waals surface area contributed by atoms with Crippen LogP contribution in [0.25, 0.3) is 0 Å². The highest BCUT2D eigenvalue weighted by Crippen LogP contribution is 2.51. The summed E-state index contributed by atoms with van der Waals surface area (Å²) in [4.78, 5) is 24.0. The van der Waals surface area contributed by atoms with Gasteiger partial charge in [-0.05, 0) is 25.1 Å². The SMILES string of the molecule is COc1ccc2c(c1)N(C)[C@H]1N(C)CC[C@@]21C.O=C(O)/C=C/C(=O)O. The summed E-state index contributed by atoms with van der Waals surface area (Å²) in [6.07, 6.45) is 2.84. The van der Waals surface area contributed by atoms with Gasteiger partial charge in [0, 0.05) is 42.9 Å². The van der Waals surface area contributed by atoms with Gasteiger partial charge in [0.1, 0.15) is 5.75 Å². The first kappa shape index (κ1) is 18.8. The van der Waals surface area contributed by atoms with E-state index in [2.05, 4.69) is 49.0 Å². The molecule has 2 aliphatic rings. The van der Waals surface area contributed by atoms with E-state index in [1.54, 1.807) is 7.11 Å². The summed E-state index contributed by atoms with van der Waals surface area (Å²) in [6, 6.07) is 6.48. The number of methoxy groups -OCH3 is 1. The Morgan fingerprint density at radius 3 is 2.36 bits per heavy atom. The number of rotatable bonds is 3. The molecular formula is C18H24N2O5. The Bertz CT molecular complexity index is 687. The van der Waals surface area contributed by atoms with Crippen LogP contribution in [0.3, 0.4) is 0 Å². The van der Waals surface area contributed by atoms with Gasteiger partial charge in [0.2, 0.25) is 0 Å². The number of fused-ring (bicyclic) bond motifs is 3. The largest absolute Gasteiger partial charge is 0.497 e. The molecule has 3 rings (SSSR count). The van der Waals surface area contributed by atoms with E-state index in [-0.39, 0.29) is 5.41 Å². The first-order valence-electron chi connectivity index (χ1n) is 7.96. The van der Waals surface area contributed by atoms with Crippen LogP contribution in [-0.4, -0.2) is 61.0 Å². The van der Waals surface area contributed by atoms with Crippen molar-refractivity contribution in [2.75, 3.05) is 32.6 Å². The van der Waals surface area contributed by atoms with Crippen LogP contribution in [0.1, 0.15) is 18.9 Å². The van der Waals surface area contributed by atoms with Gasteiger partial charge < -0.3 is 19.8 Å². The Morgan fingerprint density at radius 1 is 1.24 bits per heavy atom. The molecule has 2 heterocycles. The highest BCUT2D eigenvalue weighted by Gasteiger charge is 2.52. The maximum Gasteiger partial charge on any atom is 0.328 e. The Balaban J connectivity index is 0.000000242. The number of benzene rings is 1. The van der Waals surface area contributed by atoms with Gasteiger partial charge in [-0.3, -0.25) is 4.90 Å². The van der Waals surface area contributed by atoms with Gasteiger partial charge in [-0.25, -0.2) is 9.59 Å². The molecule has 136 valence electrons. The van der Waals surface area contributed by atoms with Gasteiger partial charge in [0.05, 0.1) is 13.3 Å². The van der Waals surface area contributed by atoms with Crippen LogP contribution in [0, 0.1) is 0 Å². The van der Waals surface area contributed by atoms with Crippen LogP contribution in [0.4, 0.5) is 5.69 Å². The van der Waals surface area contributed by atoms with E-state index in [1.807, 2.05) is 0 Å². The molecule has 7 heteroatoms. The molecule has 25 heavy (non-hydrogen) atoms. The standard InChI is InChI=1S/C14H20N2O.C4H4O4/c1-14-7-8-15(2)13(14)16(3)12-9-10(17-4)5-6-11(12)14;5-3(6)1-2-4(7)8/h5-6,9,13H,7-8H2,1-4H3;1-2H,(H,5,6)(H,7,8)/b;2-1+/t13-,14+;/m1./s1. The Hall–Kier alpha value is -2.54. The Labute approximate surface area is 147 Å². The minimum Gasteiger partial charge on any atom is -0.497 e. The summed E-state index contributed by atoms with van der Waals surface area (Å²) < 4.78 is 5.33. The third-order valence-corrected chi connectivity index (χ3v) is 4.91. The zero-order valence-corrected chi connectivity index (χ0v) is 14.9. The number of likely N-dealkylation sites (tertiary alicyclic amines) is 1. The minimum absolute atomic E-state index is 0.269. The Morgan fingerprint density at radius 2 is 1.84 bits per heavy atom. The van der Waals surface area contributed by atoms with Crippen molar-refractivity contribution in [3.05, 3.63) is 35.9 Å². The van der Waals surface area contributed by atoms with E-state index >= 15 is 0 Å². The minimum atomic E-state index is -1.26. The molecule has 1 fully saturated rings. The first-order chi connectivity index (χ1) is 11.7. The van der Waals surface area contributed by atoms with Gasteiger partial charge >= 0.3 is 11.9 Å². The normalized spacial score (nSPS) is 24.5. The number of anilines is 1. The second kappa shape index (κ2) is 7.14. The molecule has 2 N–H and O–H groups in total. The topological polar surface area (TPSA) is 90.3 Å². The lowest BCUT2D eigenvalue weighted by molar-refractivity contribution is -0.134. The van der Waals surface area contributed by atoms with Crippen molar-refractivity contribution in [2.45, 2.75) is 24.9 Å². The molecule has 0 aromatic heterocycles. The van der Waals surface area contributed by atoms with Crippen LogP contribution in [0.15, 0.2) is 30.4 Å². The average Bonchev–Trinajstić information content (AvgIpc) is 2.99. The molecule has 2 aliphatic heterocycles. The number of hydrogen-bond donors (Lipinski definition) is 2. The summed E-state index contributed by atoms with van der Waals surface area (Å²) in [5, 5.41) is 15.6. The fourth-order valence-electron chi connectivity index (χ4n) is 3.83. The fraction of sp³-hybridized carbons (Fsp3) is 0.444. The quantitative estimate of drug-likeness (QED) is 0.805. The maximum absolute atomic E-state index is 9.55. The van der Waals surface area contributed by atoms with Crippen molar-refractivity contribution in [3.8, 4) is 5.75 Å². The van der Waals surface area contributed by atoms with Crippen molar-refractivity contribution < 1.29 is 24.5 Å². The number of carbonyl (C=O) groups is 2. The number of likely N-dealkylation sites (N-methyl/N-ethyl adjacent to an activating group) is 2. The zero-order valence-electron chi connectivity index (χ0n) is 14.9. The molecule has 1 aromatic carbocycles. The van der Waals surface area contributed by atoms with Crippen LogP contribution in [0.5, 0.6) is 5.75 Å². The van der Waals surface area contributed by atoms with Crippen molar-refractivity contribution in [1.82, 2.24) is 4.90 Å². The van der Waals surface area contributed by atoms with Crippen molar-refractivity contribution in [2.24, 2.45) is 0 Å². The Kier molecular flexibility index (Phi) is 5.37. The summed E-state index contributed by atoms with van der Waals surface area (Å²) in [5.41, 5.74) is 3.06. The smallest absolute Gasteiger partial charge is 0.328 e. The van der Waals surface area contributed by atoms with E-state index < -0.39 is 11.9 Å². The van der Waals surface area contributed by atoms with Gasteiger partial charge in [-0.15, -0.1) is 0 Å². The third kappa shape index (κ3) is 3.61. The van der Waals surface area contributed by atoms with Crippen molar-refractivity contribution >= 4 is 17.6 Å². The van der Waals surface area contributed by atoms with Gasteiger partial charge in [0.25, 0.3) is 0 Å². The molecular weight excluding hydrogens is 324 g/mol. The number of nitrogens with zero attached hydrogens (tertiary/aromatic N) is 2. The molecule has 0 radical (unpaired) electrons. The highest BCUT2D eigenvalue weighted by molar-refractivity contribution is 5.89. The number of aliphatic carboxylic acids is 2. The molecule has 1 aromatic rings. The molecule has 0 bridgehead atoms. The lowest BCUT2D eigenvalue weighted by Crippen LogP contribution is -2.45. The number of ether oxygens (including phenoxy) is 1. The zero-order chi connectivity index (χ0) is 18.8. The van der Waals surface area contributed by atoms with E-state index in [4.69, 9.17) is 14.9 Å². The summed E-state index contributed by atoms with van der Waals surface area (Å²) in [7, 11) is 6.14. The first-order valence-corrected chi connectivity index (χ1v) is 7.96. The molecule has 0 spiro atoms. The van der Waals surface area contributed by atoms with Crippen molar-refractivity contribution in [3.63, 3.8) is 0 Å². The number of hydrogen-bond acceptors (Lipinski definition) is 5. The van der Waals surface area contributed by atoms with Gasteiger partial charge in [0.15, 0.2) is 0 Å². The van der Waals surface area contributed by atoms with E-state index in [0.29, 0.717) is 18.3 Å². The van der Waals surface area contributed by atoms with Crippen LogP contribution in [-0.2, 0) is 15.0 Å². The molecule has 2 atom stereocenters. The summed E-state index contributed by atoms with van der Waals surface area (Å²) in [6.45, 7) is 3.56. The molecule has 0 amide bonds. The van der Waals surface area contributed by atoms with Crippen LogP contribution in [0.2, 0.25) is 0 Å². The van der Waals surface area contributed by atoms with Gasteiger partial charge in [-0.1, -0.05) is 13.0 Å². The summed E-state index contributed by atoms with van der Waals surface area (Å²) in [5.74, 6) is -1.57. The predicted molar refractivity (Wildman–Crippen MR) is 94.2 cm³/mol. The second-order valence-corrected chi connectivity index (χ2v) is 6.53. The van der Waals surface area contributed by atoms with E-state index in [9.17, 15) is 9.59 Å². The van der Waals surface area contributed by atoms with Crippen LogP contribution >= 0.6 is 0 Å². The molecule has 7 nitrogen and oxygen atoms in total.